The van der Waals surface area contributed by atoms with Gasteiger partial charge in [-0.2, -0.15) is 0 Å². The van der Waals surface area contributed by atoms with Crippen LogP contribution in [0.3, 0.4) is 0 Å². The fourth-order valence-electron chi connectivity index (χ4n) is 2.18. The van der Waals surface area contributed by atoms with Crippen LogP contribution in [0, 0.1) is 5.41 Å². The van der Waals surface area contributed by atoms with E-state index in [4.69, 9.17) is 11.6 Å². The Labute approximate surface area is 129 Å². The number of hydrogen-bond acceptors (Lipinski definition) is 4. The van der Waals surface area contributed by atoms with E-state index < -0.39 is 15.4 Å². The first-order valence-electron chi connectivity index (χ1n) is 6.49. The van der Waals surface area contributed by atoms with Gasteiger partial charge in [0.1, 0.15) is 0 Å². The van der Waals surface area contributed by atoms with E-state index in [2.05, 4.69) is 15.4 Å². The summed E-state index contributed by atoms with van der Waals surface area (Å²) in [6.07, 6.45) is 1.81. The molecule has 8 heteroatoms. The fourth-order valence-corrected chi connectivity index (χ4v) is 2.90. The molecule has 116 valence electrons. The molecule has 0 saturated carbocycles. The van der Waals surface area contributed by atoms with E-state index in [0.717, 1.165) is 19.2 Å². The molecule has 6 nitrogen and oxygen atoms in total. The minimum atomic E-state index is -3.38. The van der Waals surface area contributed by atoms with E-state index in [1.54, 1.807) is 6.07 Å². The highest BCUT2D eigenvalue weighted by Crippen LogP contribution is 2.30. The molecule has 0 bridgehead atoms. The highest BCUT2D eigenvalue weighted by atomic mass is 35.5. The van der Waals surface area contributed by atoms with Gasteiger partial charge < -0.3 is 10.6 Å². The Bertz CT molecular complexity index is 655. The predicted molar refractivity (Wildman–Crippen MR) is 84.1 cm³/mol. The quantitative estimate of drug-likeness (QED) is 0.783. The summed E-state index contributed by atoms with van der Waals surface area (Å²) >= 11 is 6.06. The zero-order valence-corrected chi connectivity index (χ0v) is 13.4. The van der Waals surface area contributed by atoms with Gasteiger partial charge in [0.2, 0.25) is 15.9 Å². The van der Waals surface area contributed by atoms with Gasteiger partial charge in [-0.05, 0) is 38.1 Å². The maximum atomic E-state index is 12.3. The molecule has 0 aromatic heterocycles. The number of benzene rings is 1. The first-order chi connectivity index (χ1) is 9.70. The molecule has 1 saturated heterocycles. The van der Waals surface area contributed by atoms with Crippen LogP contribution in [0.1, 0.15) is 13.3 Å². The van der Waals surface area contributed by atoms with Crippen LogP contribution < -0.4 is 15.4 Å². The Kier molecular flexibility index (Phi) is 4.46. The second-order valence-electron chi connectivity index (χ2n) is 5.51. The standard InChI is InChI=1S/C13H18ClN3O3S/c1-13(5-6-15-8-13)12(18)16-11-7-9(3-4-10(11)14)17-21(2,19)20/h3-4,7,15,17H,5-6,8H2,1-2H3,(H,16,18). The molecule has 1 fully saturated rings. The van der Waals surface area contributed by atoms with Crippen LogP contribution in [0.25, 0.3) is 0 Å². The molecule has 1 heterocycles. The summed E-state index contributed by atoms with van der Waals surface area (Å²) in [5, 5.41) is 6.28. The number of nitrogens with one attached hydrogen (secondary N) is 3. The van der Waals surface area contributed by atoms with Crippen LogP contribution in [-0.2, 0) is 14.8 Å². The monoisotopic (exact) mass is 331 g/mol. The first-order valence-corrected chi connectivity index (χ1v) is 8.76. The van der Waals surface area contributed by atoms with E-state index >= 15 is 0 Å². The molecular formula is C13H18ClN3O3S. The van der Waals surface area contributed by atoms with Crippen LogP contribution in [0.15, 0.2) is 18.2 Å². The number of carbonyl (C=O) groups excluding carboxylic acids is 1. The third-order valence-electron chi connectivity index (χ3n) is 3.43. The molecule has 1 amide bonds. The Morgan fingerprint density at radius 2 is 2.14 bits per heavy atom. The number of amides is 1. The van der Waals surface area contributed by atoms with E-state index in [9.17, 15) is 13.2 Å². The molecule has 2 rings (SSSR count). The van der Waals surface area contributed by atoms with Crippen molar-refractivity contribution in [2.24, 2.45) is 5.41 Å². The largest absolute Gasteiger partial charge is 0.324 e. The third kappa shape index (κ3) is 4.09. The maximum absolute atomic E-state index is 12.3. The smallest absolute Gasteiger partial charge is 0.231 e. The molecular weight excluding hydrogens is 314 g/mol. The van der Waals surface area contributed by atoms with Crippen molar-refractivity contribution in [3.8, 4) is 0 Å². The zero-order chi connectivity index (χ0) is 15.7. The average Bonchev–Trinajstić information content (AvgIpc) is 2.80. The summed E-state index contributed by atoms with van der Waals surface area (Å²) in [6, 6.07) is 4.59. The molecule has 1 aliphatic rings. The minimum Gasteiger partial charge on any atom is -0.324 e. The van der Waals surface area contributed by atoms with Crippen molar-refractivity contribution < 1.29 is 13.2 Å². The SMILES string of the molecule is CC1(C(=O)Nc2cc(NS(C)(=O)=O)ccc2Cl)CCNC1. The van der Waals surface area contributed by atoms with Gasteiger partial charge >= 0.3 is 0 Å². The number of hydrogen-bond donors (Lipinski definition) is 3. The number of sulfonamides is 1. The Morgan fingerprint density at radius 1 is 1.43 bits per heavy atom. The molecule has 1 atom stereocenters. The van der Waals surface area contributed by atoms with Crippen molar-refractivity contribution in [2.75, 3.05) is 29.4 Å². The molecule has 21 heavy (non-hydrogen) atoms. The van der Waals surface area contributed by atoms with Crippen molar-refractivity contribution in [1.82, 2.24) is 5.32 Å². The van der Waals surface area contributed by atoms with Crippen LogP contribution in [0.4, 0.5) is 11.4 Å². The van der Waals surface area contributed by atoms with Crippen LogP contribution >= 0.6 is 11.6 Å². The fraction of sp³-hybridized carbons (Fsp3) is 0.462. The number of halogens is 1. The van der Waals surface area contributed by atoms with Gasteiger partial charge in [0.25, 0.3) is 0 Å². The van der Waals surface area contributed by atoms with Crippen LogP contribution in [0.5, 0.6) is 0 Å². The number of carbonyl (C=O) groups is 1. The Balaban J connectivity index is 2.19. The minimum absolute atomic E-state index is 0.133. The average molecular weight is 332 g/mol. The van der Waals surface area contributed by atoms with Gasteiger partial charge in [0.15, 0.2) is 0 Å². The molecule has 1 aliphatic heterocycles. The maximum Gasteiger partial charge on any atom is 0.231 e. The van der Waals surface area contributed by atoms with Gasteiger partial charge in [-0.25, -0.2) is 8.42 Å². The molecule has 1 unspecified atom stereocenters. The van der Waals surface area contributed by atoms with Gasteiger partial charge in [0.05, 0.1) is 28.1 Å². The Morgan fingerprint density at radius 3 is 2.71 bits per heavy atom. The molecule has 0 aliphatic carbocycles. The van der Waals surface area contributed by atoms with Crippen molar-refractivity contribution >= 4 is 38.9 Å². The summed E-state index contributed by atoms with van der Waals surface area (Å²) < 4.78 is 24.8. The third-order valence-corrected chi connectivity index (χ3v) is 4.37. The lowest BCUT2D eigenvalue weighted by atomic mass is 9.89. The van der Waals surface area contributed by atoms with Gasteiger partial charge in [-0.3, -0.25) is 9.52 Å². The molecule has 1 aromatic rings. The van der Waals surface area contributed by atoms with Gasteiger partial charge in [-0.1, -0.05) is 11.6 Å². The summed E-state index contributed by atoms with van der Waals surface area (Å²) in [5.41, 5.74) is 0.263. The lowest BCUT2D eigenvalue weighted by Crippen LogP contribution is -2.35. The lowest BCUT2D eigenvalue weighted by Gasteiger charge is -2.22. The van der Waals surface area contributed by atoms with E-state index in [-0.39, 0.29) is 5.91 Å². The lowest BCUT2D eigenvalue weighted by molar-refractivity contribution is -0.123. The van der Waals surface area contributed by atoms with Crippen LogP contribution in [0.2, 0.25) is 5.02 Å². The van der Waals surface area contributed by atoms with E-state index in [1.807, 2.05) is 6.92 Å². The van der Waals surface area contributed by atoms with Crippen molar-refractivity contribution in [3.05, 3.63) is 23.2 Å². The highest BCUT2D eigenvalue weighted by molar-refractivity contribution is 7.92. The van der Waals surface area contributed by atoms with E-state index in [1.165, 1.54) is 12.1 Å². The summed E-state index contributed by atoms with van der Waals surface area (Å²) in [4.78, 5) is 12.3. The van der Waals surface area contributed by atoms with Crippen LogP contribution in [-0.4, -0.2) is 33.7 Å². The molecule has 0 spiro atoms. The normalized spacial score (nSPS) is 22.0. The zero-order valence-electron chi connectivity index (χ0n) is 11.9. The molecule has 3 N–H and O–H groups in total. The second-order valence-corrected chi connectivity index (χ2v) is 7.67. The first kappa shape index (κ1) is 16.1. The molecule has 0 radical (unpaired) electrons. The number of rotatable bonds is 4. The van der Waals surface area contributed by atoms with E-state index in [0.29, 0.717) is 22.9 Å². The summed E-state index contributed by atoms with van der Waals surface area (Å²) in [6.45, 7) is 3.29. The summed E-state index contributed by atoms with van der Waals surface area (Å²) in [7, 11) is -3.38. The second kappa shape index (κ2) is 5.82. The van der Waals surface area contributed by atoms with Crippen molar-refractivity contribution in [2.45, 2.75) is 13.3 Å². The van der Waals surface area contributed by atoms with Gasteiger partial charge in [0, 0.05) is 6.54 Å². The predicted octanol–water partition coefficient (Wildman–Crippen LogP) is 1.65. The number of anilines is 2. The highest BCUT2D eigenvalue weighted by Gasteiger charge is 2.36. The molecule has 1 aromatic carbocycles. The van der Waals surface area contributed by atoms with Crippen molar-refractivity contribution in [3.63, 3.8) is 0 Å². The van der Waals surface area contributed by atoms with Crippen molar-refractivity contribution in [1.29, 1.82) is 0 Å². The topological polar surface area (TPSA) is 87.3 Å². The van der Waals surface area contributed by atoms with Gasteiger partial charge in [-0.15, -0.1) is 0 Å². The summed E-state index contributed by atoms with van der Waals surface area (Å²) in [5.74, 6) is -0.133. The Hall–Kier alpha value is -1.31.